The van der Waals surface area contributed by atoms with Gasteiger partial charge in [0.1, 0.15) is 5.75 Å². The molecule has 3 heteroatoms. The first-order chi connectivity index (χ1) is 9.06. The van der Waals surface area contributed by atoms with Gasteiger partial charge in [-0.1, -0.05) is 6.07 Å². The van der Waals surface area contributed by atoms with Crippen LogP contribution in [0.4, 0.5) is 0 Å². The number of ether oxygens (including phenoxy) is 1. The molecule has 19 heavy (non-hydrogen) atoms. The van der Waals surface area contributed by atoms with Crippen LogP contribution in [0, 0.1) is 20.8 Å². The largest absolute Gasteiger partial charge is 0.496 e. The number of H-pyrrole nitrogens is 1. The lowest BCUT2D eigenvalue weighted by Gasteiger charge is -2.11. The molecule has 2 rings (SSSR count). The molecule has 3 nitrogen and oxygen atoms in total. The molecule has 0 bridgehead atoms. The summed E-state index contributed by atoms with van der Waals surface area (Å²) in [5.41, 5.74) is 7.22. The van der Waals surface area contributed by atoms with Gasteiger partial charge in [0.05, 0.1) is 7.11 Å². The topological polar surface area (TPSA) is 37.0 Å². The zero-order chi connectivity index (χ0) is 14.0. The molecule has 0 fully saturated rings. The van der Waals surface area contributed by atoms with Gasteiger partial charge in [0.2, 0.25) is 0 Å². The highest BCUT2D eigenvalue weighted by Crippen LogP contribution is 2.34. The fourth-order valence-corrected chi connectivity index (χ4v) is 2.54. The van der Waals surface area contributed by atoms with Crippen LogP contribution in [0.25, 0.3) is 11.3 Å². The number of aryl methyl sites for hydroxylation is 3. The molecular weight excluding hydrogens is 236 g/mol. The Kier molecular flexibility index (Phi) is 3.96. The number of rotatable bonds is 4. The smallest absolute Gasteiger partial charge is 0.128 e. The number of hydrogen-bond donors (Lipinski definition) is 2. The second-order valence-corrected chi connectivity index (χ2v) is 5.02. The standard InChI is InChI=1S/C16H22N2O/c1-10-6-11(2)16(15(7-10)19-5)14-8-13(9-17-4)12(3)18-14/h6-8,17-18H,9H2,1-5H3. The third-order valence-electron chi connectivity index (χ3n) is 3.42. The van der Waals surface area contributed by atoms with Gasteiger partial charge >= 0.3 is 0 Å². The van der Waals surface area contributed by atoms with Crippen LogP contribution >= 0.6 is 0 Å². The molecule has 0 saturated heterocycles. The molecule has 0 aliphatic carbocycles. The van der Waals surface area contributed by atoms with E-state index in [1.54, 1.807) is 7.11 Å². The highest BCUT2D eigenvalue weighted by Gasteiger charge is 2.13. The van der Waals surface area contributed by atoms with Gasteiger partial charge in [-0.25, -0.2) is 0 Å². The average Bonchev–Trinajstić information content (AvgIpc) is 2.70. The highest BCUT2D eigenvalue weighted by atomic mass is 16.5. The Bertz CT molecular complexity index is 585. The lowest BCUT2D eigenvalue weighted by Crippen LogP contribution is -2.04. The molecule has 0 atom stereocenters. The van der Waals surface area contributed by atoms with Gasteiger partial charge in [-0.3, -0.25) is 0 Å². The summed E-state index contributed by atoms with van der Waals surface area (Å²) in [6.07, 6.45) is 0. The molecule has 102 valence electrons. The number of benzene rings is 1. The van der Waals surface area contributed by atoms with Gasteiger partial charge in [0.25, 0.3) is 0 Å². The summed E-state index contributed by atoms with van der Waals surface area (Å²) in [7, 11) is 3.69. The molecule has 0 aliphatic heterocycles. The van der Waals surface area contributed by atoms with E-state index in [2.05, 4.69) is 49.3 Å². The number of aromatic amines is 1. The number of aromatic nitrogens is 1. The van der Waals surface area contributed by atoms with Crippen LogP contribution < -0.4 is 10.1 Å². The fourth-order valence-electron chi connectivity index (χ4n) is 2.54. The van der Waals surface area contributed by atoms with Crippen molar-refractivity contribution < 1.29 is 4.74 Å². The Morgan fingerprint density at radius 2 is 1.89 bits per heavy atom. The van der Waals surface area contributed by atoms with Crippen LogP contribution in [0.15, 0.2) is 18.2 Å². The summed E-state index contributed by atoms with van der Waals surface area (Å²) < 4.78 is 5.53. The van der Waals surface area contributed by atoms with Crippen molar-refractivity contribution in [3.63, 3.8) is 0 Å². The maximum Gasteiger partial charge on any atom is 0.128 e. The number of hydrogen-bond acceptors (Lipinski definition) is 2. The molecule has 0 unspecified atom stereocenters. The van der Waals surface area contributed by atoms with Crippen molar-refractivity contribution in [3.8, 4) is 17.0 Å². The molecule has 0 radical (unpaired) electrons. The van der Waals surface area contributed by atoms with Crippen LogP contribution in [0.2, 0.25) is 0 Å². The van der Waals surface area contributed by atoms with Gasteiger partial charge in [-0.15, -0.1) is 0 Å². The van der Waals surface area contributed by atoms with Gasteiger partial charge in [-0.2, -0.15) is 0 Å². The molecule has 1 aromatic carbocycles. The minimum Gasteiger partial charge on any atom is -0.496 e. The highest BCUT2D eigenvalue weighted by molar-refractivity contribution is 5.73. The van der Waals surface area contributed by atoms with Gasteiger partial charge < -0.3 is 15.0 Å². The van der Waals surface area contributed by atoms with E-state index in [-0.39, 0.29) is 0 Å². The quantitative estimate of drug-likeness (QED) is 0.882. The Morgan fingerprint density at radius 3 is 2.53 bits per heavy atom. The van der Waals surface area contributed by atoms with E-state index < -0.39 is 0 Å². The Labute approximate surface area is 115 Å². The van der Waals surface area contributed by atoms with Gasteiger partial charge in [0, 0.05) is 23.5 Å². The predicted octanol–water partition coefficient (Wildman–Crippen LogP) is 3.33. The van der Waals surface area contributed by atoms with E-state index >= 15 is 0 Å². The molecule has 1 aromatic heterocycles. The molecule has 1 heterocycles. The second-order valence-electron chi connectivity index (χ2n) is 5.02. The van der Waals surface area contributed by atoms with Crippen molar-refractivity contribution in [2.75, 3.05) is 14.2 Å². The summed E-state index contributed by atoms with van der Waals surface area (Å²) in [6, 6.07) is 6.47. The van der Waals surface area contributed by atoms with Crippen LogP contribution in [-0.2, 0) is 6.54 Å². The SMILES string of the molecule is CNCc1cc(-c2c(C)cc(C)cc2OC)[nH]c1C. The van der Waals surface area contributed by atoms with Crippen molar-refractivity contribution in [1.29, 1.82) is 0 Å². The summed E-state index contributed by atoms with van der Waals surface area (Å²) >= 11 is 0. The summed E-state index contributed by atoms with van der Waals surface area (Å²) in [4.78, 5) is 3.46. The average molecular weight is 258 g/mol. The normalized spacial score (nSPS) is 10.8. The maximum absolute atomic E-state index is 5.53. The first-order valence-corrected chi connectivity index (χ1v) is 6.55. The fraction of sp³-hybridized carbons (Fsp3) is 0.375. The Hall–Kier alpha value is -1.74. The third-order valence-corrected chi connectivity index (χ3v) is 3.42. The summed E-state index contributed by atoms with van der Waals surface area (Å²) in [5.74, 6) is 0.926. The van der Waals surface area contributed by atoms with E-state index in [0.717, 1.165) is 23.6 Å². The van der Waals surface area contributed by atoms with Gasteiger partial charge in [0.15, 0.2) is 0 Å². The van der Waals surface area contributed by atoms with E-state index in [9.17, 15) is 0 Å². The van der Waals surface area contributed by atoms with Crippen LogP contribution in [0.3, 0.4) is 0 Å². The van der Waals surface area contributed by atoms with Crippen LogP contribution in [-0.4, -0.2) is 19.1 Å². The monoisotopic (exact) mass is 258 g/mol. The van der Waals surface area contributed by atoms with Crippen LogP contribution in [0.1, 0.15) is 22.4 Å². The van der Waals surface area contributed by atoms with E-state index in [1.807, 2.05) is 7.05 Å². The summed E-state index contributed by atoms with van der Waals surface area (Å²) in [6.45, 7) is 7.19. The van der Waals surface area contributed by atoms with E-state index in [4.69, 9.17) is 4.74 Å². The molecule has 0 amide bonds. The second kappa shape index (κ2) is 5.49. The van der Waals surface area contributed by atoms with Crippen molar-refractivity contribution in [2.24, 2.45) is 0 Å². The maximum atomic E-state index is 5.53. The molecule has 0 aliphatic rings. The third kappa shape index (κ3) is 2.66. The summed E-state index contributed by atoms with van der Waals surface area (Å²) in [5, 5.41) is 3.19. The minimum atomic E-state index is 0.871. The number of nitrogens with one attached hydrogen (secondary N) is 2. The lowest BCUT2D eigenvalue weighted by molar-refractivity contribution is 0.415. The molecule has 0 spiro atoms. The first-order valence-electron chi connectivity index (χ1n) is 6.55. The van der Waals surface area contributed by atoms with Crippen molar-refractivity contribution >= 4 is 0 Å². The van der Waals surface area contributed by atoms with Crippen molar-refractivity contribution in [2.45, 2.75) is 27.3 Å². The minimum absolute atomic E-state index is 0.871. The molecule has 2 aromatic rings. The molecule has 0 saturated carbocycles. The zero-order valence-corrected chi connectivity index (χ0v) is 12.3. The number of methoxy groups -OCH3 is 1. The lowest BCUT2D eigenvalue weighted by atomic mass is 10.0. The first kappa shape index (κ1) is 13.7. The molecular formula is C16H22N2O. The van der Waals surface area contributed by atoms with Crippen LogP contribution in [0.5, 0.6) is 5.75 Å². The predicted molar refractivity (Wildman–Crippen MR) is 79.8 cm³/mol. The van der Waals surface area contributed by atoms with Gasteiger partial charge in [-0.05, 0) is 56.6 Å². The Morgan fingerprint density at radius 1 is 1.16 bits per heavy atom. The molecule has 2 N–H and O–H groups in total. The van der Waals surface area contributed by atoms with E-state index in [1.165, 1.54) is 22.4 Å². The van der Waals surface area contributed by atoms with Crippen molar-refractivity contribution in [3.05, 3.63) is 40.6 Å². The zero-order valence-electron chi connectivity index (χ0n) is 12.3. The Balaban J connectivity index is 2.55. The van der Waals surface area contributed by atoms with E-state index in [0.29, 0.717) is 0 Å². The van der Waals surface area contributed by atoms with Crippen molar-refractivity contribution in [1.82, 2.24) is 10.3 Å².